The molecule has 1 aromatic carbocycles. The second-order valence-electron chi connectivity index (χ2n) is 4.81. The second kappa shape index (κ2) is 4.90. The first-order valence-electron chi connectivity index (χ1n) is 6.33. The van der Waals surface area contributed by atoms with Crippen molar-refractivity contribution in [3.05, 3.63) is 59.0 Å². The zero-order chi connectivity index (χ0) is 13.2. The van der Waals surface area contributed by atoms with Crippen molar-refractivity contribution in [1.29, 1.82) is 0 Å². The first-order valence-corrected chi connectivity index (χ1v) is 6.33. The van der Waals surface area contributed by atoms with Crippen LogP contribution in [0.15, 0.2) is 40.8 Å². The van der Waals surface area contributed by atoms with Gasteiger partial charge >= 0.3 is 5.97 Å². The number of hydrogen-bond acceptors (Lipinski definition) is 3. The van der Waals surface area contributed by atoms with E-state index in [1.54, 1.807) is 6.07 Å². The zero-order valence-corrected chi connectivity index (χ0v) is 10.5. The Morgan fingerprint density at radius 1 is 1.32 bits per heavy atom. The van der Waals surface area contributed by atoms with Gasteiger partial charge in [0.1, 0.15) is 5.76 Å². The molecule has 0 saturated carbocycles. The molecule has 0 atom stereocenters. The van der Waals surface area contributed by atoms with Gasteiger partial charge in [-0.1, -0.05) is 30.3 Å². The minimum absolute atomic E-state index is 0.0477. The van der Waals surface area contributed by atoms with Crippen molar-refractivity contribution in [3.63, 3.8) is 0 Å². The van der Waals surface area contributed by atoms with E-state index < -0.39 is 5.97 Å². The van der Waals surface area contributed by atoms with Gasteiger partial charge in [-0.15, -0.1) is 0 Å². The van der Waals surface area contributed by atoms with Crippen LogP contribution < -0.4 is 0 Å². The molecular weight excluding hydrogens is 242 g/mol. The molecule has 4 nitrogen and oxygen atoms in total. The molecular formula is C15H15NO3. The number of rotatable bonds is 3. The van der Waals surface area contributed by atoms with Crippen molar-refractivity contribution in [2.45, 2.75) is 19.5 Å². The minimum atomic E-state index is -0.996. The first-order chi connectivity index (χ1) is 9.22. The molecule has 0 spiro atoms. The lowest BCUT2D eigenvalue weighted by molar-refractivity contribution is 0.0658. The fraction of sp³-hybridized carbons (Fsp3) is 0.267. The summed E-state index contributed by atoms with van der Waals surface area (Å²) in [4.78, 5) is 13.2. The van der Waals surface area contributed by atoms with Crippen LogP contribution in [0.25, 0.3) is 0 Å². The van der Waals surface area contributed by atoms with E-state index in [0.717, 1.165) is 30.8 Å². The van der Waals surface area contributed by atoms with E-state index in [1.165, 1.54) is 5.56 Å². The molecule has 1 N–H and O–H groups in total. The number of carbonyl (C=O) groups is 1. The third-order valence-electron chi connectivity index (χ3n) is 3.42. The second-order valence-corrected chi connectivity index (χ2v) is 4.81. The highest BCUT2D eigenvalue weighted by Crippen LogP contribution is 2.24. The molecule has 0 unspecified atom stereocenters. The quantitative estimate of drug-likeness (QED) is 0.918. The van der Waals surface area contributed by atoms with Crippen molar-refractivity contribution < 1.29 is 14.3 Å². The summed E-state index contributed by atoms with van der Waals surface area (Å²) in [7, 11) is 0. The largest absolute Gasteiger partial charge is 0.475 e. The highest BCUT2D eigenvalue weighted by atomic mass is 16.4. The summed E-state index contributed by atoms with van der Waals surface area (Å²) in [5.74, 6) is -0.157. The van der Waals surface area contributed by atoms with E-state index in [4.69, 9.17) is 9.52 Å². The van der Waals surface area contributed by atoms with E-state index in [2.05, 4.69) is 17.0 Å². The number of hydrogen-bond donors (Lipinski definition) is 1. The van der Waals surface area contributed by atoms with Crippen LogP contribution in [0, 0.1) is 0 Å². The van der Waals surface area contributed by atoms with E-state index >= 15 is 0 Å². The van der Waals surface area contributed by atoms with Crippen LogP contribution in [0.3, 0.4) is 0 Å². The Balaban J connectivity index is 1.73. The average Bonchev–Trinajstić information content (AvgIpc) is 2.83. The van der Waals surface area contributed by atoms with Gasteiger partial charge in [-0.05, 0) is 23.6 Å². The van der Waals surface area contributed by atoms with Crippen LogP contribution in [0.4, 0.5) is 0 Å². The van der Waals surface area contributed by atoms with Crippen molar-refractivity contribution in [2.75, 3.05) is 6.54 Å². The van der Waals surface area contributed by atoms with Crippen LogP contribution in [0.2, 0.25) is 0 Å². The summed E-state index contributed by atoms with van der Waals surface area (Å²) in [5, 5.41) is 8.93. The lowest BCUT2D eigenvalue weighted by atomic mass is 10.1. The van der Waals surface area contributed by atoms with Gasteiger partial charge in [0.2, 0.25) is 5.76 Å². The lowest BCUT2D eigenvalue weighted by Crippen LogP contribution is -2.29. The lowest BCUT2D eigenvalue weighted by Gasteiger charge is -2.25. The minimum Gasteiger partial charge on any atom is -0.475 e. The Bertz CT molecular complexity index is 589. The average molecular weight is 257 g/mol. The van der Waals surface area contributed by atoms with Gasteiger partial charge in [-0.3, -0.25) is 4.90 Å². The van der Waals surface area contributed by atoms with Gasteiger partial charge < -0.3 is 9.52 Å². The van der Waals surface area contributed by atoms with Crippen LogP contribution in [0.5, 0.6) is 0 Å². The summed E-state index contributed by atoms with van der Waals surface area (Å²) in [5.41, 5.74) is 2.29. The highest BCUT2D eigenvalue weighted by molar-refractivity contribution is 5.84. The van der Waals surface area contributed by atoms with Gasteiger partial charge in [-0.2, -0.15) is 0 Å². The number of fused-ring (bicyclic) bond motifs is 1. The van der Waals surface area contributed by atoms with Gasteiger partial charge in [-0.25, -0.2) is 4.79 Å². The molecule has 3 rings (SSSR count). The number of nitrogens with zero attached hydrogens (tertiary/aromatic N) is 1. The smallest absolute Gasteiger partial charge is 0.371 e. The Hall–Kier alpha value is -2.07. The maximum Gasteiger partial charge on any atom is 0.371 e. The van der Waals surface area contributed by atoms with E-state index in [-0.39, 0.29) is 5.76 Å². The summed E-state index contributed by atoms with van der Waals surface area (Å²) in [6.45, 7) is 2.47. The molecule has 19 heavy (non-hydrogen) atoms. The van der Waals surface area contributed by atoms with E-state index in [9.17, 15) is 4.79 Å². The molecule has 1 aliphatic rings. The van der Waals surface area contributed by atoms with Gasteiger partial charge in [0.15, 0.2) is 0 Å². The normalized spacial score (nSPS) is 15.2. The number of carboxylic acids is 1. The van der Waals surface area contributed by atoms with E-state index in [1.807, 2.05) is 18.2 Å². The third-order valence-corrected chi connectivity index (χ3v) is 3.42. The molecule has 4 heteroatoms. The Kier molecular flexibility index (Phi) is 3.09. The van der Waals surface area contributed by atoms with E-state index in [0.29, 0.717) is 6.54 Å². The molecule has 0 amide bonds. The summed E-state index contributed by atoms with van der Waals surface area (Å²) < 4.78 is 5.39. The molecule has 0 radical (unpaired) electrons. The predicted octanol–water partition coefficient (Wildman–Crippen LogP) is 2.54. The maximum absolute atomic E-state index is 10.9. The molecule has 1 aromatic heterocycles. The SMILES string of the molecule is O=C(O)c1cc2c(o1)CN(Cc1ccccc1)CC2. The number of furan rings is 1. The fourth-order valence-corrected chi connectivity index (χ4v) is 2.45. The predicted molar refractivity (Wildman–Crippen MR) is 69.9 cm³/mol. The molecule has 0 bridgehead atoms. The molecule has 2 aromatic rings. The maximum atomic E-state index is 10.9. The fourth-order valence-electron chi connectivity index (χ4n) is 2.45. The van der Waals surface area contributed by atoms with Gasteiger partial charge in [0.05, 0.1) is 6.54 Å². The molecule has 2 heterocycles. The van der Waals surface area contributed by atoms with Gasteiger partial charge in [0, 0.05) is 13.1 Å². The summed E-state index contributed by atoms with van der Waals surface area (Å²) >= 11 is 0. The number of carboxylic acid groups (broad SMARTS) is 1. The third kappa shape index (κ3) is 2.53. The van der Waals surface area contributed by atoms with Crippen molar-refractivity contribution in [1.82, 2.24) is 4.90 Å². The van der Waals surface area contributed by atoms with Crippen molar-refractivity contribution in [3.8, 4) is 0 Å². The Morgan fingerprint density at radius 3 is 2.84 bits per heavy atom. The number of benzene rings is 1. The first kappa shape index (κ1) is 12.0. The zero-order valence-electron chi connectivity index (χ0n) is 10.5. The van der Waals surface area contributed by atoms with Crippen molar-refractivity contribution in [2.24, 2.45) is 0 Å². The molecule has 0 saturated heterocycles. The summed E-state index contributed by atoms with van der Waals surface area (Å²) in [6, 6.07) is 11.9. The molecule has 98 valence electrons. The highest BCUT2D eigenvalue weighted by Gasteiger charge is 2.22. The number of aromatic carboxylic acids is 1. The van der Waals surface area contributed by atoms with Crippen LogP contribution in [-0.4, -0.2) is 22.5 Å². The Morgan fingerprint density at radius 2 is 2.11 bits per heavy atom. The van der Waals surface area contributed by atoms with Gasteiger partial charge in [0.25, 0.3) is 0 Å². The van der Waals surface area contributed by atoms with Crippen LogP contribution in [0.1, 0.15) is 27.4 Å². The Labute approximate surface area is 111 Å². The standard InChI is InChI=1S/C15H15NO3/c17-15(18)13-8-12-6-7-16(10-14(12)19-13)9-11-4-2-1-3-5-11/h1-5,8H,6-7,9-10H2,(H,17,18). The van der Waals surface area contributed by atoms with Crippen LogP contribution in [-0.2, 0) is 19.5 Å². The van der Waals surface area contributed by atoms with Crippen molar-refractivity contribution >= 4 is 5.97 Å². The van der Waals surface area contributed by atoms with Crippen LogP contribution >= 0.6 is 0 Å². The summed E-state index contributed by atoms with van der Waals surface area (Å²) in [6.07, 6.45) is 0.846. The molecule has 0 fully saturated rings. The topological polar surface area (TPSA) is 53.7 Å². The molecule has 1 aliphatic heterocycles. The molecule has 0 aliphatic carbocycles. The monoisotopic (exact) mass is 257 g/mol.